The van der Waals surface area contributed by atoms with E-state index >= 15 is 0 Å². The molecule has 0 aromatic heterocycles. The van der Waals surface area contributed by atoms with Gasteiger partial charge in [-0.1, -0.05) is 23.7 Å². The second-order valence-corrected chi connectivity index (χ2v) is 3.14. The van der Waals surface area contributed by atoms with Crippen LogP contribution in [0.3, 0.4) is 0 Å². The predicted octanol–water partition coefficient (Wildman–Crippen LogP) is 3.02. The summed E-state index contributed by atoms with van der Waals surface area (Å²) in [6.45, 7) is 0. The monoisotopic (exact) mass is 151 g/mol. The molecule has 1 aliphatic carbocycles. The van der Waals surface area contributed by atoms with Crippen molar-refractivity contribution in [1.29, 1.82) is 0 Å². The van der Waals surface area contributed by atoms with Crippen LogP contribution in [0.1, 0.15) is 24.3 Å². The van der Waals surface area contributed by atoms with Crippen molar-refractivity contribution in [2.75, 3.05) is 0 Å². The Morgan fingerprint density at radius 1 is 1.40 bits per heavy atom. The quantitative estimate of drug-likeness (QED) is 0.579. The SMILES string of the molecule is Clc1[c]c(C2CC2)ccc1. The highest BCUT2D eigenvalue weighted by Gasteiger charge is 2.23. The van der Waals surface area contributed by atoms with Gasteiger partial charge in [0.2, 0.25) is 0 Å². The second-order valence-electron chi connectivity index (χ2n) is 2.73. The van der Waals surface area contributed by atoms with E-state index in [1.165, 1.54) is 18.4 Å². The fourth-order valence-electron chi connectivity index (χ4n) is 1.09. The number of rotatable bonds is 1. The van der Waals surface area contributed by atoms with Crippen LogP contribution in [0.4, 0.5) is 0 Å². The van der Waals surface area contributed by atoms with Crippen LogP contribution < -0.4 is 0 Å². The van der Waals surface area contributed by atoms with E-state index in [1.54, 1.807) is 0 Å². The van der Waals surface area contributed by atoms with Gasteiger partial charge in [0.1, 0.15) is 0 Å². The molecule has 0 aliphatic heterocycles. The molecule has 0 bridgehead atoms. The predicted molar refractivity (Wildman–Crippen MR) is 42.3 cm³/mol. The highest BCUT2D eigenvalue weighted by molar-refractivity contribution is 6.30. The van der Waals surface area contributed by atoms with E-state index in [9.17, 15) is 0 Å². The minimum absolute atomic E-state index is 0.740. The first-order valence-corrected chi connectivity index (χ1v) is 3.92. The van der Waals surface area contributed by atoms with Gasteiger partial charge in [0.15, 0.2) is 0 Å². The van der Waals surface area contributed by atoms with Gasteiger partial charge in [-0.2, -0.15) is 0 Å². The maximum Gasteiger partial charge on any atom is 0.0487 e. The van der Waals surface area contributed by atoms with Crippen LogP contribution >= 0.6 is 11.6 Å². The maximum atomic E-state index is 5.76. The van der Waals surface area contributed by atoms with Crippen molar-refractivity contribution in [2.24, 2.45) is 0 Å². The van der Waals surface area contributed by atoms with E-state index < -0.39 is 0 Å². The molecule has 1 fully saturated rings. The van der Waals surface area contributed by atoms with Crippen molar-refractivity contribution >= 4 is 11.6 Å². The summed E-state index contributed by atoms with van der Waals surface area (Å²) in [7, 11) is 0. The summed E-state index contributed by atoms with van der Waals surface area (Å²) in [6.07, 6.45) is 2.63. The molecule has 1 aromatic carbocycles. The van der Waals surface area contributed by atoms with E-state index in [1.807, 2.05) is 12.1 Å². The van der Waals surface area contributed by atoms with Crippen molar-refractivity contribution in [3.05, 3.63) is 34.9 Å². The maximum absolute atomic E-state index is 5.76. The Kier molecular flexibility index (Phi) is 1.42. The number of halogens is 1. The molecule has 1 aromatic rings. The lowest BCUT2D eigenvalue weighted by atomic mass is 10.1. The molecule has 0 saturated heterocycles. The van der Waals surface area contributed by atoms with E-state index in [0.29, 0.717) is 0 Å². The molecule has 1 heteroatoms. The summed E-state index contributed by atoms with van der Waals surface area (Å²) in [5.74, 6) is 0.763. The van der Waals surface area contributed by atoms with Gasteiger partial charge in [-0.15, -0.1) is 0 Å². The molecular weight excluding hydrogens is 144 g/mol. The molecule has 1 radical (unpaired) electrons. The van der Waals surface area contributed by atoms with Crippen LogP contribution in [0.2, 0.25) is 5.02 Å². The first kappa shape index (κ1) is 6.23. The topological polar surface area (TPSA) is 0 Å². The number of benzene rings is 1. The Morgan fingerprint density at radius 3 is 2.80 bits per heavy atom. The van der Waals surface area contributed by atoms with Crippen molar-refractivity contribution in [1.82, 2.24) is 0 Å². The first-order chi connectivity index (χ1) is 4.86. The van der Waals surface area contributed by atoms with Crippen molar-refractivity contribution < 1.29 is 0 Å². The molecule has 2 rings (SSSR count). The molecule has 0 unspecified atom stereocenters. The molecule has 1 saturated carbocycles. The third kappa shape index (κ3) is 1.17. The lowest BCUT2D eigenvalue weighted by Gasteiger charge is -1.94. The van der Waals surface area contributed by atoms with E-state index in [4.69, 9.17) is 11.6 Å². The molecule has 0 amide bonds. The number of hydrogen-bond acceptors (Lipinski definition) is 0. The molecule has 0 nitrogen and oxygen atoms in total. The van der Waals surface area contributed by atoms with Crippen LogP contribution in [0.5, 0.6) is 0 Å². The Morgan fingerprint density at radius 2 is 2.20 bits per heavy atom. The smallest absolute Gasteiger partial charge is 0.0487 e. The summed E-state index contributed by atoms with van der Waals surface area (Å²) >= 11 is 5.76. The van der Waals surface area contributed by atoms with Gasteiger partial charge in [-0.25, -0.2) is 0 Å². The third-order valence-corrected chi connectivity index (χ3v) is 2.02. The fraction of sp³-hybridized carbons (Fsp3) is 0.333. The van der Waals surface area contributed by atoms with Gasteiger partial charge < -0.3 is 0 Å². The number of hydrogen-bond donors (Lipinski definition) is 0. The summed E-state index contributed by atoms with van der Waals surface area (Å²) in [6, 6.07) is 9.10. The zero-order chi connectivity index (χ0) is 6.97. The summed E-state index contributed by atoms with van der Waals surface area (Å²) < 4.78 is 0. The zero-order valence-electron chi connectivity index (χ0n) is 5.60. The first-order valence-electron chi connectivity index (χ1n) is 3.54. The van der Waals surface area contributed by atoms with Gasteiger partial charge in [0.05, 0.1) is 0 Å². The van der Waals surface area contributed by atoms with Crippen molar-refractivity contribution in [3.8, 4) is 0 Å². The zero-order valence-corrected chi connectivity index (χ0v) is 6.36. The average Bonchev–Trinajstić information content (AvgIpc) is 2.68. The summed E-state index contributed by atoms with van der Waals surface area (Å²) in [5.41, 5.74) is 1.28. The normalized spacial score (nSPS) is 17.3. The highest BCUT2D eigenvalue weighted by Crippen LogP contribution is 2.40. The van der Waals surface area contributed by atoms with Crippen LogP contribution in [0.15, 0.2) is 18.2 Å². The van der Waals surface area contributed by atoms with Gasteiger partial charge in [-0.3, -0.25) is 0 Å². The van der Waals surface area contributed by atoms with Gasteiger partial charge in [-0.05, 0) is 30.4 Å². The molecule has 0 spiro atoms. The third-order valence-electron chi connectivity index (χ3n) is 1.80. The fourth-order valence-corrected chi connectivity index (χ4v) is 1.27. The highest BCUT2D eigenvalue weighted by atomic mass is 35.5. The molecular formula is C9H8Cl. The van der Waals surface area contributed by atoms with E-state index in [2.05, 4.69) is 12.1 Å². The minimum Gasteiger partial charge on any atom is -0.0837 e. The molecule has 1 aliphatic rings. The molecule has 0 heterocycles. The summed E-state index contributed by atoms with van der Waals surface area (Å²) in [5, 5.41) is 0.740. The lowest BCUT2D eigenvalue weighted by molar-refractivity contribution is 1.13. The minimum atomic E-state index is 0.740. The van der Waals surface area contributed by atoms with Crippen LogP contribution in [-0.4, -0.2) is 0 Å². The lowest BCUT2D eigenvalue weighted by Crippen LogP contribution is -1.76. The van der Waals surface area contributed by atoms with E-state index in [0.717, 1.165) is 10.9 Å². The molecule has 0 atom stereocenters. The molecule has 51 valence electrons. The van der Waals surface area contributed by atoms with Crippen LogP contribution in [-0.2, 0) is 0 Å². The Bertz CT molecular complexity index is 238. The van der Waals surface area contributed by atoms with Gasteiger partial charge in [0, 0.05) is 11.1 Å². The van der Waals surface area contributed by atoms with Crippen molar-refractivity contribution in [3.63, 3.8) is 0 Å². The van der Waals surface area contributed by atoms with Crippen LogP contribution in [0.25, 0.3) is 0 Å². The van der Waals surface area contributed by atoms with Crippen molar-refractivity contribution in [2.45, 2.75) is 18.8 Å². The standard InChI is InChI=1S/C9H8Cl/c10-9-3-1-2-8(6-9)7-4-5-7/h1-3,7H,4-5H2. The van der Waals surface area contributed by atoms with E-state index in [-0.39, 0.29) is 0 Å². The van der Waals surface area contributed by atoms with Crippen LogP contribution in [0, 0.1) is 6.07 Å². The van der Waals surface area contributed by atoms with Gasteiger partial charge >= 0.3 is 0 Å². The Hall–Kier alpha value is -0.490. The molecule has 10 heavy (non-hydrogen) atoms. The Labute approximate surface area is 65.8 Å². The largest absolute Gasteiger partial charge is 0.0837 e. The molecule has 0 N–H and O–H groups in total. The average molecular weight is 152 g/mol. The second kappa shape index (κ2) is 2.28. The van der Waals surface area contributed by atoms with Gasteiger partial charge in [0.25, 0.3) is 0 Å². The summed E-state index contributed by atoms with van der Waals surface area (Å²) in [4.78, 5) is 0. The Balaban J connectivity index is 2.32.